The molecule has 7 heteroatoms. The van der Waals surface area contributed by atoms with E-state index >= 15 is 0 Å². The van der Waals surface area contributed by atoms with Crippen LogP contribution in [-0.4, -0.2) is 35.4 Å². The number of Topliss-reactive ketones (excluding diaryl/α,β-unsaturated/α-hetero) is 1. The molecule has 0 bridgehead atoms. The van der Waals surface area contributed by atoms with Crippen LogP contribution in [0.5, 0.6) is 0 Å². The van der Waals surface area contributed by atoms with E-state index in [0.717, 1.165) is 0 Å². The Hall–Kier alpha value is -0.950. The normalized spacial score (nSPS) is 16.3. The highest BCUT2D eigenvalue weighted by molar-refractivity contribution is 7.93. The number of rotatable bonds is 6. The van der Waals surface area contributed by atoms with Gasteiger partial charge in [-0.05, 0) is 20.8 Å². The topological polar surface area (TPSA) is 115 Å². The minimum absolute atomic E-state index is 0.307. The van der Waals surface area contributed by atoms with Crippen LogP contribution in [0.2, 0.25) is 0 Å². The summed E-state index contributed by atoms with van der Waals surface area (Å²) in [6.07, 6.45) is -0.307. The van der Waals surface area contributed by atoms with Gasteiger partial charge >= 0.3 is 5.97 Å². The molecule has 0 aliphatic rings. The number of hydrogen-bond acceptors (Lipinski definition) is 5. The number of ketones is 1. The molecule has 0 aliphatic carbocycles. The van der Waals surface area contributed by atoms with Gasteiger partial charge < -0.3 is 10.8 Å². The van der Waals surface area contributed by atoms with Gasteiger partial charge in [0.2, 0.25) is 0 Å². The third-order valence-corrected chi connectivity index (χ3v) is 5.82. The van der Waals surface area contributed by atoms with Crippen molar-refractivity contribution in [2.24, 2.45) is 11.7 Å². The van der Waals surface area contributed by atoms with Gasteiger partial charge in [0.15, 0.2) is 9.84 Å². The Morgan fingerprint density at radius 1 is 1.35 bits per heavy atom. The maximum Gasteiger partial charge on any atom is 0.307 e. The molecule has 0 rings (SSSR count). The summed E-state index contributed by atoms with van der Waals surface area (Å²) in [5, 5.41) is 7.51. The van der Waals surface area contributed by atoms with E-state index in [9.17, 15) is 18.0 Å². The second-order valence-corrected chi connectivity index (χ2v) is 7.40. The van der Waals surface area contributed by atoms with Crippen molar-refractivity contribution in [3.05, 3.63) is 0 Å². The fourth-order valence-corrected chi connectivity index (χ4v) is 3.15. The summed E-state index contributed by atoms with van der Waals surface area (Å²) in [6, 6.07) is 0. The lowest BCUT2D eigenvalue weighted by molar-refractivity contribution is -0.142. The van der Waals surface area contributed by atoms with Gasteiger partial charge in [0.25, 0.3) is 0 Å². The molecular formula is C10H19NO5S. The smallest absolute Gasteiger partial charge is 0.307 e. The van der Waals surface area contributed by atoms with Crippen LogP contribution in [0.15, 0.2) is 0 Å². The van der Waals surface area contributed by atoms with Crippen LogP contribution in [0.1, 0.15) is 34.1 Å². The van der Waals surface area contributed by atoms with Gasteiger partial charge in [0.1, 0.15) is 11.2 Å². The lowest BCUT2D eigenvalue weighted by Gasteiger charge is -2.31. The number of sulfone groups is 1. The molecule has 0 saturated heterocycles. The van der Waals surface area contributed by atoms with Crippen molar-refractivity contribution in [1.29, 1.82) is 0 Å². The van der Waals surface area contributed by atoms with E-state index in [1.807, 2.05) is 0 Å². The number of carbonyl (C=O) groups excluding carboxylic acids is 1. The Balaban J connectivity index is 5.30. The highest BCUT2D eigenvalue weighted by Gasteiger charge is 2.46. The maximum atomic E-state index is 12.1. The highest BCUT2D eigenvalue weighted by Crippen LogP contribution is 2.29. The summed E-state index contributed by atoms with van der Waals surface area (Å²) in [4.78, 5) is 21.7. The Bertz CT molecular complexity index is 412. The summed E-state index contributed by atoms with van der Waals surface area (Å²) < 4.78 is 22.7. The highest BCUT2D eigenvalue weighted by atomic mass is 32.2. The fraction of sp³-hybridized carbons (Fsp3) is 0.800. The van der Waals surface area contributed by atoms with Crippen LogP contribution in [0.25, 0.3) is 0 Å². The van der Waals surface area contributed by atoms with E-state index in [2.05, 4.69) is 0 Å². The van der Waals surface area contributed by atoms with Gasteiger partial charge in [0.05, 0.1) is 10.7 Å². The molecule has 2 atom stereocenters. The van der Waals surface area contributed by atoms with Crippen molar-refractivity contribution in [2.45, 2.75) is 44.2 Å². The average molecular weight is 265 g/mol. The summed E-state index contributed by atoms with van der Waals surface area (Å²) in [5.74, 6) is -2.67. The van der Waals surface area contributed by atoms with Gasteiger partial charge in [-0.25, -0.2) is 8.42 Å². The first-order chi connectivity index (χ1) is 7.44. The summed E-state index contributed by atoms with van der Waals surface area (Å²) >= 11 is 0. The van der Waals surface area contributed by atoms with Crippen molar-refractivity contribution in [3.63, 3.8) is 0 Å². The number of nitrogens with two attached hydrogens (primary N) is 1. The van der Waals surface area contributed by atoms with E-state index in [-0.39, 0.29) is 12.2 Å². The molecule has 0 spiro atoms. The first kappa shape index (κ1) is 16.1. The zero-order chi connectivity index (χ0) is 14.0. The molecule has 6 nitrogen and oxygen atoms in total. The predicted octanol–water partition coefficient (Wildman–Crippen LogP) is 0.164. The molecule has 17 heavy (non-hydrogen) atoms. The van der Waals surface area contributed by atoms with Crippen molar-refractivity contribution < 1.29 is 23.1 Å². The predicted molar refractivity (Wildman–Crippen MR) is 63.1 cm³/mol. The Kier molecular flexibility index (Phi) is 4.85. The van der Waals surface area contributed by atoms with Crippen molar-refractivity contribution in [2.75, 3.05) is 0 Å². The van der Waals surface area contributed by atoms with Crippen LogP contribution in [-0.2, 0) is 19.4 Å². The van der Waals surface area contributed by atoms with Crippen LogP contribution in [0.4, 0.5) is 0 Å². The molecule has 0 aromatic heterocycles. The summed E-state index contributed by atoms with van der Waals surface area (Å²) in [5.41, 5.74) is 5.47. The second-order valence-electron chi connectivity index (χ2n) is 4.65. The number of hydrogen-bond donors (Lipinski definition) is 2. The van der Waals surface area contributed by atoms with Crippen LogP contribution >= 0.6 is 0 Å². The largest absolute Gasteiger partial charge is 0.481 e. The van der Waals surface area contributed by atoms with Gasteiger partial charge in [-0.2, -0.15) is 0 Å². The van der Waals surface area contributed by atoms with Crippen LogP contribution < -0.4 is 5.73 Å². The third-order valence-electron chi connectivity index (χ3n) is 3.03. The monoisotopic (exact) mass is 265 g/mol. The molecule has 0 aromatic rings. The van der Waals surface area contributed by atoms with E-state index in [1.165, 1.54) is 27.7 Å². The molecule has 0 radical (unpaired) electrons. The molecule has 0 fully saturated rings. The molecule has 0 heterocycles. The Morgan fingerprint density at radius 2 is 1.76 bits per heavy atom. The van der Waals surface area contributed by atoms with Crippen molar-refractivity contribution in [3.8, 4) is 0 Å². The Morgan fingerprint density at radius 3 is 2.06 bits per heavy atom. The molecule has 0 saturated carbocycles. The standard InChI is InChI=1S/C10H19NO5S/c1-6(12)5-8(11)17(15,16)10(3,4)7(2)9(13)14/h7-8H,5,11H2,1-4H3,(H,13,14)/t7-,8+/m0/s1. The average Bonchev–Trinajstić information content (AvgIpc) is 2.14. The summed E-state index contributed by atoms with van der Waals surface area (Å²) in [6.45, 7) is 5.16. The molecule has 100 valence electrons. The summed E-state index contributed by atoms with van der Waals surface area (Å²) in [7, 11) is -3.90. The molecule has 3 N–H and O–H groups in total. The van der Waals surface area contributed by atoms with Crippen molar-refractivity contribution >= 4 is 21.6 Å². The Labute approximate surface area is 101 Å². The number of carbonyl (C=O) groups is 2. The van der Waals surface area contributed by atoms with Gasteiger partial charge in [-0.3, -0.25) is 9.59 Å². The minimum atomic E-state index is -3.90. The zero-order valence-corrected chi connectivity index (χ0v) is 11.2. The van der Waals surface area contributed by atoms with E-state index in [4.69, 9.17) is 10.8 Å². The van der Waals surface area contributed by atoms with Gasteiger partial charge in [-0.1, -0.05) is 6.92 Å². The second kappa shape index (κ2) is 5.14. The van der Waals surface area contributed by atoms with Gasteiger partial charge in [0, 0.05) is 6.42 Å². The zero-order valence-electron chi connectivity index (χ0n) is 10.4. The molecular weight excluding hydrogens is 246 g/mol. The molecule has 0 aliphatic heterocycles. The number of aliphatic carboxylic acids is 1. The van der Waals surface area contributed by atoms with Gasteiger partial charge in [-0.15, -0.1) is 0 Å². The van der Waals surface area contributed by atoms with E-state index in [1.54, 1.807) is 0 Å². The number of carboxylic acid groups (broad SMARTS) is 1. The fourth-order valence-electron chi connectivity index (χ4n) is 1.33. The molecule has 0 aromatic carbocycles. The van der Waals surface area contributed by atoms with Crippen molar-refractivity contribution in [1.82, 2.24) is 0 Å². The third kappa shape index (κ3) is 3.26. The SMILES string of the molecule is CC(=O)C[C@H](N)S(=O)(=O)C(C)(C)[C@@H](C)C(=O)O. The quantitative estimate of drug-likeness (QED) is 0.707. The first-order valence-corrected chi connectivity index (χ1v) is 6.70. The van der Waals surface area contributed by atoms with Crippen LogP contribution in [0.3, 0.4) is 0 Å². The van der Waals surface area contributed by atoms with Crippen LogP contribution in [0, 0.1) is 5.92 Å². The minimum Gasteiger partial charge on any atom is -0.481 e. The van der Waals surface area contributed by atoms with E-state index in [0.29, 0.717) is 0 Å². The molecule has 0 amide bonds. The van der Waals surface area contributed by atoms with E-state index < -0.39 is 31.8 Å². The maximum absolute atomic E-state index is 12.1. The first-order valence-electron chi connectivity index (χ1n) is 5.15. The lowest BCUT2D eigenvalue weighted by Crippen LogP contribution is -2.50. The molecule has 0 unspecified atom stereocenters. The number of carboxylic acids is 1. The lowest BCUT2D eigenvalue weighted by atomic mass is 9.97.